The molecule has 0 unspecified atom stereocenters. The first-order valence-electron chi connectivity index (χ1n) is 11.4. The van der Waals surface area contributed by atoms with Crippen LogP contribution in [-0.2, 0) is 0 Å². The number of nitrogens with zero attached hydrogens (tertiary/aromatic N) is 1. The van der Waals surface area contributed by atoms with E-state index in [2.05, 4.69) is 16.9 Å². The van der Waals surface area contributed by atoms with E-state index >= 15 is 0 Å². The lowest BCUT2D eigenvalue weighted by Crippen LogP contribution is -1.83. The molecule has 2 aromatic rings. The third kappa shape index (κ3) is 24.7. The van der Waals surface area contributed by atoms with Crippen LogP contribution in [0.3, 0.4) is 0 Å². The van der Waals surface area contributed by atoms with Crippen LogP contribution in [0.4, 0.5) is 0 Å². The van der Waals surface area contributed by atoms with Gasteiger partial charge in [0.05, 0.1) is 0 Å². The largest absolute Gasteiger partial charge is 0.368 e. The van der Waals surface area contributed by atoms with E-state index < -0.39 is 0 Å². The van der Waals surface area contributed by atoms with E-state index in [4.69, 9.17) is 11.6 Å². The summed E-state index contributed by atoms with van der Waals surface area (Å²) in [5.41, 5.74) is 0. The maximum absolute atomic E-state index is 5.64. The molecule has 3 heteroatoms. The molecule has 0 atom stereocenters. The van der Waals surface area contributed by atoms with E-state index in [0.29, 0.717) is 0 Å². The van der Waals surface area contributed by atoms with Gasteiger partial charge in [0.25, 0.3) is 0 Å². The van der Waals surface area contributed by atoms with Crippen molar-refractivity contribution in [1.29, 1.82) is 0 Å². The van der Waals surface area contributed by atoms with Crippen LogP contribution in [0.1, 0.15) is 96.8 Å². The molecule has 0 spiro atoms. The lowest BCUT2D eigenvalue weighted by atomic mass is 10.0. The van der Waals surface area contributed by atoms with E-state index in [0.717, 1.165) is 5.88 Å². The van der Waals surface area contributed by atoms with Crippen molar-refractivity contribution in [3.8, 4) is 0 Å². The summed E-state index contributed by atoms with van der Waals surface area (Å²) in [7, 11) is 0. The number of nitrogens with one attached hydrogen (secondary N) is 1. The van der Waals surface area contributed by atoms with Gasteiger partial charge in [-0.15, -0.1) is 11.6 Å². The minimum absolute atomic E-state index is 0.845. The molecule has 2 aromatic heterocycles. The zero-order chi connectivity index (χ0) is 20.4. The summed E-state index contributed by atoms with van der Waals surface area (Å²) in [6.07, 6.45) is 27.1. The van der Waals surface area contributed by atoms with Gasteiger partial charge < -0.3 is 4.98 Å². The molecule has 28 heavy (non-hydrogen) atoms. The quantitative estimate of drug-likeness (QED) is 0.246. The van der Waals surface area contributed by atoms with E-state index in [1.807, 2.05) is 42.7 Å². The Balaban J connectivity index is 0.000000525. The second kappa shape index (κ2) is 25.7. The highest BCUT2D eigenvalue weighted by atomic mass is 35.5. The minimum atomic E-state index is 0.845. The molecule has 1 N–H and O–H groups in total. The Kier molecular flexibility index (Phi) is 24.5. The van der Waals surface area contributed by atoms with Crippen LogP contribution in [0.5, 0.6) is 0 Å². The number of pyridine rings is 1. The van der Waals surface area contributed by atoms with Crippen molar-refractivity contribution in [2.24, 2.45) is 0 Å². The summed E-state index contributed by atoms with van der Waals surface area (Å²) in [6.45, 7) is 2.28. The summed E-state index contributed by atoms with van der Waals surface area (Å²) < 4.78 is 0. The number of unbranched alkanes of at least 4 members (excludes halogenated alkanes) is 13. The van der Waals surface area contributed by atoms with Gasteiger partial charge in [0.1, 0.15) is 0 Å². The van der Waals surface area contributed by atoms with Gasteiger partial charge in [0.15, 0.2) is 0 Å². The first kappa shape index (κ1) is 26.7. The number of rotatable bonds is 14. The monoisotopic (exact) mass is 406 g/mol. The molecule has 0 radical (unpaired) electrons. The van der Waals surface area contributed by atoms with Crippen molar-refractivity contribution in [2.75, 3.05) is 5.88 Å². The topological polar surface area (TPSA) is 28.7 Å². The molecular weight excluding hydrogens is 364 g/mol. The standard InChI is InChI=1S/C16H33Cl.C5H5N.C4H5N/c1-2-3-4-5-6-7-8-9-10-11-12-13-14-15-16-17;1-2-4-6-5-3-1;1-2-4-5-3-1/h2-16H2,1H3;1-5H;1-5H. The van der Waals surface area contributed by atoms with Crippen LogP contribution < -0.4 is 0 Å². The predicted octanol–water partition coefficient (Wildman–Crippen LogP) is 8.80. The van der Waals surface area contributed by atoms with Gasteiger partial charge in [0.2, 0.25) is 0 Å². The summed E-state index contributed by atoms with van der Waals surface area (Å²) in [5.74, 6) is 0.845. The number of aromatic nitrogens is 2. The van der Waals surface area contributed by atoms with Crippen molar-refractivity contribution in [3.63, 3.8) is 0 Å². The minimum Gasteiger partial charge on any atom is -0.368 e. The Bertz CT molecular complexity index is 387. The molecule has 0 saturated heterocycles. The van der Waals surface area contributed by atoms with Crippen LogP contribution in [-0.4, -0.2) is 15.8 Å². The van der Waals surface area contributed by atoms with Gasteiger partial charge in [-0.2, -0.15) is 0 Å². The highest BCUT2D eigenvalue weighted by Gasteiger charge is 1.93. The number of hydrogen-bond donors (Lipinski definition) is 1. The Hall–Kier alpha value is -1.28. The zero-order valence-electron chi connectivity index (χ0n) is 18.1. The van der Waals surface area contributed by atoms with E-state index in [1.54, 1.807) is 12.4 Å². The zero-order valence-corrected chi connectivity index (χ0v) is 18.9. The highest BCUT2D eigenvalue weighted by Crippen LogP contribution is 2.12. The Labute approximate surface area is 179 Å². The van der Waals surface area contributed by atoms with Crippen molar-refractivity contribution in [1.82, 2.24) is 9.97 Å². The third-order valence-corrected chi connectivity index (χ3v) is 4.82. The molecule has 0 fully saturated rings. The van der Waals surface area contributed by atoms with Crippen molar-refractivity contribution >= 4 is 11.6 Å². The highest BCUT2D eigenvalue weighted by molar-refractivity contribution is 6.17. The molecule has 0 bridgehead atoms. The fourth-order valence-corrected chi connectivity index (χ4v) is 3.07. The van der Waals surface area contributed by atoms with E-state index in [1.165, 1.54) is 89.9 Å². The maximum Gasteiger partial charge on any atom is 0.0267 e. The predicted molar refractivity (Wildman–Crippen MR) is 126 cm³/mol. The Morgan fingerprint density at radius 1 is 0.571 bits per heavy atom. The summed E-state index contributed by atoms with van der Waals surface area (Å²) in [4.78, 5) is 6.65. The first-order chi connectivity index (χ1) is 13.9. The van der Waals surface area contributed by atoms with Crippen molar-refractivity contribution in [2.45, 2.75) is 96.8 Å². The molecule has 0 amide bonds. The number of aromatic amines is 1. The number of hydrogen-bond acceptors (Lipinski definition) is 1. The normalized spacial score (nSPS) is 9.79. The van der Waals surface area contributed by atoms with Crippen molar-refractivity contribution in [3.05, 3.63) is 55.1 Å². The number of halogens is 1. The smallest absolute Gasteiger partial charge is 0.0267 e. The Morgan fingerprint density at radius 2 is 1.00 bits per heavy atom. The summed E-state index contributed by atoms with van der Waals surface area (Å²) in [6, 6.07) is 9.60. The second-order valence-corrected chi connectivity index (χ2v) is 7.57. The van der Waals surface area contributed by atoms with Gasteiger partial charge in [-0.1, -0.05) is 96.5 Å². The Morgan fingerprint density at radius 3 is 1.25 bits per heavy atom. The molecule has 160 valence electrons. The first-order valence-corrected chi connectivity index (χ1v) is 11.9. The van der Waals surface area contributed by atoms with Crippen LogP contribution in [0.15, 0.2) is 55.1 Å². The molecule has 2 heterocycles. The third-order valence-electron chi connectivity index (χ3n) is 4.55. The maximum atomic E-state index is 5.64. The van der Waals surface area contributed by atoms with Gasteiger partial charge >= 0.3 is 0 Å². The van der Waals surface area contributed by atoms with Crippen molar-refractivity contribution < 1.29 is 0 Å². The van der Waals surface area contributed by atoms with E-state index in [-0.39, 0.29) is 0 Å². The molecular formula is C25H43ClN2. The molecule has 0 aliphatic rings. The molecule has 0 aromatic carbocycles. The van der Waals surface area contributed by atoms with Gasteiger partial charge in [0, 0.05) is 30.7 Å². The van der Waals surface area contributed by atoms with Crippen LogP contribution in [0.2, 0.25) is 0 Å². The molecule has 0 saturated carbocycles. The summed E-state index contributed by atoms with van der Waals surface area (Å²) >= 11 is 5.64. The average Bonchev–Trinajstić information content (AvgIpc) is 3.33. The van der Waals surface area contributed by atoms with Gasteiger partial charge in [-0.3, -0.25) is 4.98 Å². The van der Waals surface area contributed by atoms with E-state index in [9.17, 15) is 0 Å². The average molecular weight is 407 g/mol. The summed E-state index contributed by atoms with van der Waals surface area (Å²) in [5, 5.41) is 0. The van der Waals surface area contributed by atoms with Crippen LogP contribution >= 0.6 is 11.6 Å². The van der Waals surface area contributed by atoms with Gasteiger partial charge in [-0.05, 0) is 30.7 Å². The molecule has 2 nitrogen and oxygen atoms in total. The number of H-pyrrole nitrogens is 1. The van der Waals surface area contributed by atoms with Crippen LogP contribution in [0.25, 0.3) is 0 Å². The SMILES string of the molecule is CCCCCCCCCCCCCCCCCl.c1cc[nH]c1.c1ccncc1. The molecule has 0 aliphatic heterocycles. The lowest BCUT2D eigenvalue weighted by molar-refractivity contribution is 0.538. The van der Waals surface area contributed by atoms with Gasteiger partial charge in [-0.25, -0.2) is 0 Å². The number of alkyl halides is 1. The fraction of sp³-hybridized carbons (Fsp3) is 0.640. The molecule has 0 aliphatic carbocycles. The lowest BCUT2D eigenvalue weighted by Gasteiger charge is -2.02. The fourth-order valence-electron chi connectivity index (χ4n) is 2.88. The van der Waals surface area contributed by atoms with Crippen LogP contribution in [0, 0.1) is 0 Å². The second-order valence-electron chi connectivity index (χ2n) is 7.19. The molecule has 2 rings (SSSR count).